The van der Waals surface area contributed by atoms with Crippen LogP contribution in [-0.4, -0.2) is 35.3 Å². The molecule has 1 atom stereocenters. The first-order chi connectivity index (χ1) is 21.5. The Kier molecular flexibility index (Phi) is 9.45. The van der Waals surface area contributed by atoms with Crippen LogP contribution < -0.4 is 19.6 Å². The van der Waals surface area contributed by atoms with Crippen LogP contribution in [0.3, 0.4) is 0 Å². The molecule has 234 valence electrons. The number of allylic oxidation sites excluding steroid dienone is 1. The Hall–Kier alpha value is -4.41. The van der Waals surface area contributed by atoms with Gasteiger partial charge in [-0.05, 0) is 89.6 Å². The Labute approximate surface area is 269 Å². The van der Waals surface area contributed by atoms with Gasteiger partial charge in [0.2, 0.25) is 0 Å². The van der Waals surface area contributed by atoms with Crippen LogP contribution in [-0.2, 0) is 14.3 Å². The Balaban J connectivity index is 1.60. The number of carbonyl (C=O) groups is 2. The van der Waals surface area contributed by atoms with Crippen molar-refractivity contribution in [1.29, 1.82) is 0 Å². The van der Waals surface area contributed by atoms with E-state index < -0.39 is 18.0 Å². The number of furan rings is 1. The van der Waals surface area contributed by atoms with Crippen molar-refractivity contribution in [2.45, 2.75) is 59.8 Å². The highest BCUT2D eigenvalue weighted by Crippen LogP contribution is 2.33. The molecule has 0 saturated heterocycles. The summed E-state index contributed by atoms with van der Waals surface area (Å²) in [5.41, 5.74) is 1.89. The fraction of sp³-hybridized carbons (Fsp3) is 0.294. The van der Waals surface area contributed by atoms with E-state index >= 15 is 0 Å². The minimum absolute atomic E-state index is 0.286. The third-order valence-corrected chi connectivity index (χ3v) is 8.02. The SMILES string of the molecule is CCOc1ccc([C@H]2C(C(=O)OC(C)C)=C(C)N=c3s/c(=C\c4ccc(-c5cc(Cl)ccc5C(=O)OC(C)C)o4)c(=O)n32)cc1. The summed E-state index contributed by atoms with van der Waals surface area (Å²) in [5.74, 6) is 0.401. The zero-order chi connectivity index (χ0) is 32.4. The van der Waals surface area contributed by atoms with Crippen LogP contribution in [0, 0.1) is 0 Å². The van der Waals surface area contributed by atoms with E-state index in [0.717, 1.165) is 0 Å². The number of esters is 2. The van der Waals surface area contributed by atoms with Crippen molar-refractivity contribution in [3.8, 4) is 17.1 Å². The first-order valence-electron chi connectivity index (χ1n) is 14.5. The van der Waals surface area contributed by atoms with Gasteiger partial charge in [-0.1, -0.05) is 35.1 Å². The predicted octanol–water partition coefficient (Wildman–Crippen LogP) is 6.06. The molecule has 5 rings (SSSR count). The molecule has 0 fully saturated rings. The Morgan fingerprint density at radius 3 is 2.38 bits per heavy atom. The lowest BCUT2D eigenvalue weighted by molar-refractivity contribution is -0.143. The number of benzene rings is 2. The predicted molar refractivity (Wildman–Crippen MR) is 172 cm³/mol. The summed E-state index contributed by atoms with van der Waals surface area (Å²) in [6, 6.07) is 14.8. The highest BCUT2D eigenvalue weighted by molar-refractivity contribution is 7.07. The monoisotopic (exact) mass is 648 g/mol. The molecule has 0 aliphatic carbocycles. The highest BCUT2D eigenvalue weighted by Gasteiger charge is 2.34. The smallest absolute Gasteiger partial charge is 0.339 e. The van der Waals surface area contributed by atoms with Crippen molar-refractivity contribution in [2.75, 3.05) is 6.61 Å². The summed E-state index contributed by atoms with van der Waals surface area (Å²) >= 11 is 7.44. The second-order valence-electron chi connectivity index (χ2n) is 10.9. The lowest BCUT2D eigenvalue weighted by atomic mass is 9.96. The molecule has 0 unspecified atom stereocenters. The molecular formula is C34H33ClN2O7S. The van der Waals surface area contributed by atoms with Crippen LogP contribution in [0.15, 0.2) is 80.1 Å². The quantitative estimate of drug-likeness (QED) is 0.203. The van der Waals surface area contributed by atoms with E-state index in [0.29, 0.717) is 60.6 Å². The number of halogens is 1. The van der Waals surface area contributed by atoms with Gasteiger partial charge in [0, 0.05) is 16.7 Å². The second kappa shape index (κ2) is 13.3. The Morgan fingerprint density at radius 2 is 1.71 bits per heavy atom. The molecule has 2 aromatic heterocycles. The zero-order valence-corrected chi connectivity index (χ0v) is 27.3. The topological polar surface area (TPSA) is 109 Å². The summed E-state index contributed by atoms with van der Waals surface area (Å²) in [4.78, 5) is 45.2. The maximum atomic E-state index is 14.0. The average molecular weight is 649 g/mol. The largest absolute Gasteiger partial charge is 0.494 e. The maximum Gasteiger partial charge on any atom is 0.339 e. The van der Waals surface area contributed by atoms with Gasteiger partial charge in [-0.2, -0.15) is 0 Å². The van der Waals surface area contributed by atoms with Crippen LogP contribution in [0.25, 0.3) is 17.4 Å². The van der Waals surface area contributed by atoms with Crippen LogP contribution >= 0.6 is 22.9 Å². The van der Waals surface area contributed by atoms with E-state index in [1.165, 1.54) is 15.9 Å². The van der Waals surface area contributed by atoms with Gasteiger partial charge in [0.1, 0.15) is 17.3 Å². The molecule has 11 heteroatoms. The van der Waals surface area contributed by atoms with Crippen LogP contribution in [0.1, 0.15) is 69.3 Å². The summed E-state index contributed by atoms with van der Waals surface area (Å²) in [7, 11) is 0. The molecule has 0 amide bonds. The van der Waals surface area contributed by atoms with E-state index in [4.69, 9.17) is 30.2 Å². The van der Waals surface area contributed by atoms with Crippen LogP contribution in [0.5, 0.6) is 5.75 Å². The Morgan fingerprint density at radius 1 is 1.02 bits per heavy atom. The van der Waals surface area contributed by atoms with E-state index in [1.54, 1.807) is 83.2 Å². The lowest BCUT2D eigenvalue weighted by Crippen LogP contribution is -2.40. The van der Waals surface area contributed by atoms with Crippen molar-refractivity contribution < 1.29 is 28.2 Å². The van der Waals surface area contributed by atoms with Gasteiger partial charge in [-0.15, -0.1) is 0 Å². The van der Waals surface area contributed by atoms with Gasteiger partial charge >= 0.3 is 11.9 Å². The first kappa shape index (κ1) is 32.0. The molecule has 45 heavy (non-hydrogen) atoms. The summed E-state index contributed by atoms with van der Waals surface area (Å²) in [6.45, 7) is 11.2. The molecule has 0 N–H and O–H groups in total. The molecule has 0 radical (unpaired) electrons. The van der Waals surface area contributed by atoms with E-state index in [-0.39, 0.29) is 23.3 Å². The van der Waals surface area contributed by atoms with Gasteiger partial charge < -0.3 is 18.6 Å². The number of nitrogens with zero attached hydrogens (tertiary/aromatic N) is 2. The molecule has 2 aromatic carbocycles. The highest BCUT2D eigenvalue weighted by atomic mass is 35.5. The van der Waals surface area contributed by atoms with Gasteiger partial charge in [0.25, 0.3) is 5.56 Å². The number of rotatable bonds is 9. The summed E-state index contributed by atoms with van der Waals surface area (Å²) < 4.78 is 24.5. The number of aromatic nitrogens is 1. The standard InChI is InChI=1S/C34H33ClN2O7S/c1-7-41-23-11-8-21(9-12-23)30-29(33(40)43-19(4)5)20(6)36-34-37(30)31(38)28(45-34)17-24-13-15-27(44-24)26-16-22(35)10-14-25(26)32(39)42-18(2)3/h8-19,30H,7H2,1-6H3/b28-17-/t30-/m0/s1. The Bertz CT molecular complexity index is 1970. The minimum atomic E-state index is -0.765. The van der Waals surface area contributed by atoms with E-state index in [9.17, 15) is 14.4 Å². The molecular weight excluding hydrogens is 616 g/mol. The zero-order valence-electron chi connectivity index (χ0n) is 25.8. The van der Waals surface area contributed by atoms with Crippen molar-refractivity contribution >= 4 is 41.0 Å². The molecule has 4 aromatic rings. The number of fused-ring (bicyclic) bond motifs is 1. The van der Waals surface area contributed by atoms with Gasteiger partial charge in [-0.3, -0.25) is 9.36 Å². The molecule has 0 bridgehead atoms. The fourth-order valence-electron chi connectivity index (χ4n) is 4.97. The number of hydrogen-bond acceptors (Lipinski definition) is 9. The normalized spacial score (nSPS) is 14.9. The second-order valence-corrected chi connectivity index (χ2v) is 12.3. The number of thiazole rings is 1. The van der Waals surface area contributed by atoms with E-state index in [1.807, 2.05) is 19.1 Å². The van der Waals surface area contributed by atoms with Gasteiger partial charge in [0.05, 0.1) is 46.2 Å². The average Bonchev–Trinajstić information content (AvgIpc) is 3.56. The third-order valence-electron chi connectivity index (χ3n) is 6.80. The van der Waals surface area contributed by atoms with E-state index in [2.05, 4.69) is 4.99 Å². The number of ether oxygens (including phenoxy) is 3. The molecule has 0 saturated carbocycles. The lowest BCUT2D eigenvalue weighted by Gasteiger charge is -2.25. The maximum absolute atomic E-state index is 14.0. The number of hydrogen-bond donors (Lipinski definition) is 0. The van der Waals surface area contributed by atoms with Crippen molar-refractivity contribution in [2.24, 2.45) is 4.99 Å². The van der Waals surface area contributed by atoms with Crippen molar-refractivity contribution in [1.82, 2.24) is 4.57 Å². The van der Waals surface area contributed by atoms with Crippen LogP contribution in [0.4, 0.5) is 0 Å². The molecule has 1 aliphatic rings. The molecule has 1 aliphatic heterocycles. The van der Waals surface area contributed by atoms with Crippen molar-refractivity contribution in [3.63, 3.8) is 0 Å². The summed E-state index contributed by atoms with van der Waals surface area (Å²) in [6.07, 6.45) is 0.954. The fourth-order valence-corrected chi connectivity index (χ4v) is 6.17. The summed E-state index contributed by atoms with van der Waals surface area (Å²) in [5, 5.41) is 0.425. The first-order valence-corrected chi connectivity index (χ1v) is 15.7. The molecule has 3 heterocycles. The van der Waals surface area contributed by atoms with Crippen LogP contribution in [0.2, 0.25) is 5.02 Å². The third kappa shape index (κ3) is 6.82. The number of carbonyl (C=O) groups excluding carboxylic acids is 2. The molecule has 0 spiro atoms. The van der Waals surface area contributed by atoms with Gasteiger partial charge in [0.15, 0.2) is 4.80 Å². The van der Waals surface area contributed by atoms with Gasteiger partial charge in [-0.25, -0.2) is 14.6 Å². The molecule has 9 nitrogen and oxygen atoms in total. The minimum Gasteiger partial charge on any atom is -0.494 e. The van der Waals surface area contributed by atoms with Crippen molar-refractivity contribution in [3.05, 3.63) is 107 Å².